The second-order valence-electron chi connectivity index (χ2n) is 6.11. The molecule has 22 heavy (non-hydrogen) atoms. The summed E-state index contributed by atoms with van der Waals surface area (Å²) in [6.07, 6.45) is 1.55. The van der Waals surface area contributed by atoms with E-state index >= 15 is 0 Å². The minimum Gasteiger partial charge on any atom is -0.378 e. The van der Waals surface area contributed by atoms with Gasteiger partial charge < -0.3 is 9.94 Å². The number of ether oxygens (including phenoxy) is 1. The molecular formula is C17H21NO4. The molecule has 1 atom stereocenters. The summed E-state index contributed by atoms with van der Waals surface area (Å²) >= 11 is 0. The largest absolute Gasteiger partial charge is 0.378 e. The number of carbonyl (C=O) groups excluding carboxylic acids is 2. The topological polar surface area (TPSA) is 66.8 Å². The van der Waals surface area contributed by atoms with Crippen LogP contribution in [0, 0.1) is 6.92 Å². The summed E-state index contributed by atoms with van der Waals surface area (Å²) in [5.41, 5.74) is 2.60. The molecule has 1 aliphatic carbocycles. The van der Waals surface area contributed by atoms with Crippen LogP contribution in [0.2, 0.25) is 0 Å². The normalized spacial score (nSPS) is 24.7. The smallest absolute Gasteiger partial charge is 0.147 e. The molecule has 2 aliphatic rings. The van der Waals surface area contributed by atoms with Crippen molar-refractivity contribution in [2.24, 2.45) is 0 Å². The number of rotatable bonds is 2. The first kappa shape index (κ1) is 15.3. The quantitative estimate of drug-likeness (QED) is 0.848. The van der Waals surface area contributed by atoms with E-state index in [0.717, 1.165) is 16.7 Å². The molecule has 0 amide bonds. The molecule has 1 aliphatic heterocycles. The maximum atomic E-state index is 12.3. The lowest BCUT2D eigenvalue weighted by molar-refractivity contribution is -0.183. The first-order valence-electron chi connectivity index (χ1n) is 7.77. The Morgan fingerprint density at radius 1 is 1.18 bits per heavy atom. The third-order valence-corrected chi connectivity index (χ3v) is 4.50. The molecule has 1 aromatic rings. The summed E-state index contributed by atoms with van der Waals surface area (Å²) < 4.78 is 5.47. The number of Topliss-reactive ketones (excluding diaryl/α,β-unsaturated/α-hetero) is 2. The molecule has 3 rings (SSSR count). The molecule has 5 nitrogen and oxygen atoms in total. The predicted octanol–water partition coefficient (Wildman–Crippen LogP) is 2.16. The van der Waals surface area contributed by atoms with Gasteiger partial charge in [0.2, 0.25) is 0 Å². The number of ketones is 2. The van der Waals surface area contributed by atoms with Crippen molar-refractivity contribution in [3.63, 3.8) is 0 Å². The SMILES string of the molecule is Cc1ccc(C2C(=O)CCCC2=O)c(C2COCCN2O)c1. The van der Waals surface area contributed by atoms with E-state index in [4.69, 9.17) is 4.74 Å². The number of morpholine rings is 1. The zero-order valence-electron chi connectivity index (χ0n) is 12.7. The lowest BCUT2D eigenvalue weighted by Gasteiger charge is -2.33. The average molecular weight is 303 g/mol. The summed E-state index contributed by atoms with van der Waals surface area (Å²) in [7, 11) is 0. The fourth-order valence-electron chi connectivity index (χ4n) is 3.34. The third kappa shape index (κ3) is 2.84. The van der Waals surface area contributed by atoms with Crippen LogP contribution in [-0.2, 0) is 14.3 Å². The molecule has 1 heterocycles. The monoisotopic (exact) mass is 303 g/mol. The van der Waals surface area contributed by atoms with Crippen molar-refractivity contribution in [2.75, 3.05) is 19.8 Å². The molecule has 0 aromatic heterocycles. The van der Waals surface area contributed by atoms with Crippen LogP contribution in [0.4, 0.5) is 0 Å². The van der Waals surface area contributed by atoms with Crippen molar-refractivity contribution >= 4 is 11.6 Å². The van der Waals surface area contributed by atoms with E-state index in [-0.39, 0.29) is 17.6 Å². The Morgan fingerprint density at radius 2 is 1.91 bits per heavy atom. The van der Waals surface area contributed by atoms with E-state index in [2.05, 4.69) is 0 Å². The molecule has 2 fully saturated rings. The van der Waals surface area contributed by atoms with Gasteiger partial charge in [0.1, 0.15) is 17.5 Å². The molecule has 1 aromatic carbocycles. The van der Waals surface area contributed by atoms with E-state index < -0.39 is 5.92 Å². The zero-order chi connectivity index (χ0) is 15.7. The van der Waals surface area contributed by atoms with Gasteiger partial charge in [-0.15, -0.1) is 0 Å². The van der Waals surface area contributed by atoms with E-state index in [1.807, 2.05) is 25.1 Å². The van der Waals surface area contributed by atoms with E-state index in [1.54, 1.807) is 0 Å². The summed E-state index contributed by atoms with van der Waals surface area (Å²) in [4.78, 5) is 24.6. The van der Waals surface area contributed by atoms with Crippen LogP contribution in [0.3, 0.4) is 0 Å². The highest BCUT2D eigenvalue weighted by Crippen LogP contribution is 2.35. The Bertz CT molecular complexity index is 582. The minimum absolute atomic E-state index is 0.0115. The summed E-state index contributed by atoms with van der Waals surface area (Å²) in [6.45, 7) is 3.23. The van der Waals surface area contributed by atoms with Crippen molar-refractivity contribution in [1.82, 2.24) is 5.06 Å². The summed E-state index contributed by atoms with van der Waals surface area (Å²) in [6, 6.07) is 5.40. The summed E-state index contributed by atoms with van der Waals surface area (Å²) in [5, 5.41) is 11.4. The van der Waals surface area contributed by atoms with Gasteiger partial charge in [0.25, 0.3) is 0 Å². The second-order valence-corrected chi connectivity index (χ2v) is 6.11. The Morgan fingerprint density at radius 3 is 2.59 bits per heavy atom. The highest BCUT2D eigenvalue weighted by Gasteiger charge is 2.35. The van der Waals surface area contributed by atoms with Gasteiger partial charge >= 0.3 is 0 Å². The van der Waals surface area contributed by atoms with Crippen LogP contribution in [0.15, 0.2) is 18.2 Å². The fraction of sp³-hybridized carbons (Fsp3) is 0.529. The van der Waals surface area contributed by atoms with Gasteiger partial charge in [-0.05, 0) is 24.5 Å². The molecule has 1 N–H and O–H groups in total. The number of hydrogen-bond acceptors (Lipinski definition) is 5. The Kier molecular flexibility index (Phi) is 4.38. The first-order valence-corrected chi connectivity index (χ1v) is 7.77. The van der Waals surface area contributed by atoms with Crippen molar-refractivity contribution in [2.45, 2.75) is 38.1 Å². The Labute approximate surface area is 129 Å². The number of hydroxylamine groups is 2. The molecule has 5 heteroatoms. The van der Waals surface area contributed by atoms with Gasteiger partial charge in [0, 0.05) is 19.4 Å². The number of carbonyl (C=O) groups is 2. The average Bonchev–Trinajstić information content (AvgIpc) is 2.49. The molecule has 0 spiro atoms. The van der Waals surface area contributed by atoms with Crippen LogP contribution < -0.4 is 0 Å². The fourth-order valence-corrected chi connectivity index (χ4v) is 3.34. The van der Waals surface area contributed by atoms with Crippen LogP contribution in [0.5, 0.6) is 0 Å². The maximum absolute atomic E-state index is 12.3. The molecule has 1 saturated carbocycles. The van der Waals surface area contributed by atoms with E-state index in [1.165, 1.54) is 5.06 Å². The van der Waals surface area contributed by atoms with Crippen molar-refractivity contribution in [1.29, 1.82) is 0 Å². The van der Waals surface area contributed by atoms with E-state index in [0.29, 0.717) is 39.0 Å². The highest BCUT2D eigenvalue weighted by atomic mass is 16.5. The van der Waals surface area contributed by atoms with Crippen molar-refractivity contribution in [3.05, 3.63) is 34.9 Å². The number of nitrogens with zero attached hydrogens (tertiary/aromatic N) is 1. The van der Waals surface area contributed by atoms with Gasteiger partial charge in [-0.25, -0.2) is 0 Å². The molecule has 118 valence electrons. The Hall–Kier alpha value is -1.56. The molecule has 0 bridgehead atoms. The third-order valence-electron chi connectivity index (χ3n) is 4.50. The lowest BCUT2D eigenvalue weighted by Crippen LogP contribution is -2.38. The van der Waals surface area contributed by atoms with Gasteiger partial charge in [0.05, 0.1) is 19.3 Å². The van der Waals surface area contributed by atoms with Gasteiger partial charge in [-0.3, -0.25) is 9.59 Å². The molecular weight excluding hydrogens is 282 g/mol. The second kappa shape index (κ2) is 6.28. The standard InChI is InChI=1S/C17H21NO4/c1-11-5-6-12(17-15(19)3-2-4-16(17)20)13(9-11)14-10-22-8-7-18(14)21/h5-6,9,14,17,21H,2-4,7-8,10H2,1H3. The van der Waals surface area contributed by atoms with E-state index in [9.17, 15) is 14.8 Å². The summed E-state index contributed by atoms with van der Waals surface area (Å²) in [5.74, 6) is -0.704. The molecule has 1 saturated heterocycles. The van der Waals surface area contributed by atoms with Crippen molar-refractivity contribution in [3.8, 4) is 0 Å². The number of hydrogen-bond donors (Lipinski definition) is 1. The number of aryl methyl sites for hydroxylation is 1. The van der Waals surface area contributed by atoms with Crippen LogP contribution in [-0.4, -0.2) is 41.6 Å². The lowest BCUT2D eigenvalue weighted by atomic mass is 9.78. The Balaban J connectivity index is 2.03. The maximum Gasteiger partial charge on any atom is 0.147 e. The van der Waals surface area contributed by atoms with Crippen LogP contribution >= 0.6 is 0 Å². The predicted molar refractivity (Wildman–Crippen MR) is 79.8 cm³/mol. The minimum atomic E-state index is -0.681. The molecule has 0 radical (unpaired) electrons. The highest BCUT2D eigenvalue weighted by molar-refractivity contribution is 6.09. The van der Waals surface area contributed by atoms with Crippen molar-refractivity contribution < 1.29 is 19.5 Å². The number of benzene rings is 1. The van der Waals surface area contributed by atoms with Gasteiger partial charge in [0.15, 0.2) is 0 Å². The molecule has 1 unspecified atom stereocenters. The first-order chi connectivity index (χ1) is 10.6. The van der Waals surface area contributed by atoms with Gasteiger partial charge in [-0.2, -0.15) is 5.06 Å². The van der Waals surface area contributed by atoms with Gasteiger partial charge in [-0.1, -0.05) is 23.8 Å². The van der Waals surface area contributed by atoms with Crippen LogP contribution in [0.25, 0.3) is 0 Å². The van der Waals surface area contributed by atoms with Crippen LogP contribution in [0.1, 0.15) is 47.9 Å². The zero-order valence-corrected chi connectivity index (χ0v) is 12.7.